The molecule has 154 valence electrons. The fourth-order valence-electron chi connectivity index (χ4n) is 3.76. The van der Waals surface area contributed by atoms with Crippen molar-refractivity contribution in [2.45, 2.75) is 17.0 Å². The molecule has 1 aliphatic rings. The third-order valence-corrected chi connectivity index (χ3v) is 6.47. The topological polar surface area (TPSA) is 101 Å². The lowest BCUT2D eigenvalue weighted by atomic mass is 9.93. The first-order chi connectivity index (χ1) is 14.2. The number of hydrogen-bond acceptors (Lipinski definition) is 4. The van der Waals surface area contributed by atoms with E-state index in [-0.39, 0.29) is 17.3 Å². The first-order valence-corrected chi connectivity index (χ1v) is 11.2. The molecular formula is C22H19ClN2O4S. The maximum Gasteiger partial charge on any atom is 0.257 e. The van der Waals surface area contributed by atoms with E-state index in [2.05, 4.69) is 0 Å². The van der Waals surface area contributed by atoms with Crippen LogP contribution in [-0.2, 0) is 22.2 Å². The summed E-state index contributed by atoms with van der Waals surface area (Å²) in [4.78, 5) is 14.6. The average Bonchev–Trinajstić information content (AvgIpc) is 2.95. The van der Waals surface area contributed by atoms with Crippen molar-refractivity contribution in [2.24, 2.45) is 5.14 Å². The lowest BCUT2D eigenvalue weighted by Crippen LogP contribution is -2.45. The number of benzene rings is 3. The first kappa shape index (κ1) is 20.6. The highest BCUT2D eigenvalue weighted by atomic mass is 35.5. The van der Waals surface area contributed by atoms with Crippen LogP contribution >= 0.6 is 11.6 Å². The summed E-state index contributed by atoms with van der Waals surface area (Å²) in [6.07, 6.45) is 0.417. The van der Waals surface area contributed by atoms with Gasteiger partial charge in [-0.2, -0.15) is 0 Å². The Morgan fingerprint density at radius 3 is 2.23 bits per heavy atom. The number of fused-ring (bicyclic) bond motifs is 1. The number of amides is 1. The fraction of sp³-hybridized carbons (Fsp3) is 0.136. The van der Waals surface area contributed by atoms with Crippen LogP contribution in [0.5, 0.6) is 0 Å². The van der Waals surface area contributed by atoms with E-state index in [0.29, 0.717) is 28.1 Å². The van der Waals surface area contributed by atoms with E-state index in [1.54, 1.807) is 60.7 Å². The Labute approximate surface area is 179 Å². The third-order valence-electron chi connectivity index (χ3n) is 5.29. The molecule has 1 unspecified atom stereocenters. The Morgan fingerprint density at radius 1 is 0.967 bits per heavy atom. The second kappa shape index (κ2) is 7.52. The van der Waals surface area contributed by atoms with Crippen LogP contribution in [0.3, 0.4) is 0 Å². The van der Waals surface area contributed by atoms with Gasteiger partial charge in [0.15, 0.2) is 5.72 Å². The largest absolute Gasteiger partial charge is 0.363 e. The maximum absolute atomic E-state index is 13.1. The Balaban J connectivity index is 1.67. The number of halogens is 1. The van der Waals surface area contributed by atoms with Gasteiger partial charge < -0.3 is 10.0 Å². The summed E-state index contributed by atoms with van der Waals surface area (Å²) in [7, 11) is -3.77. The van der Waals surface area contributed by atoms with Crippen LogP contribution in [0.4, 0.5) is 0 Å². The molecule has 3 N–H and O–H groups in total. The summed E-state index contributed by atoms with van der Waals surface area (Å²) < 4.78 is 22.9. The lowest BCUT2D eigenvalue weighted by Gasteiger charge is -2.35. The average molecular weight is 443 g/mol. The highest BCUT2D eigenvalue weighted by molar-refractivity contribution is 7.89. The van der Waals surface area contributed by atoms with Crippen LogP contribution < -0.4 is 5.14 Å². The highest BCUT2D eigenvalue weighted by Crippen LogP contribution is 2.42. The minimum absolute atomic E-state index is 0.0218. The summed E-state index contributed by atoms with van der Waals surface area (Å²) in [5.74, 6) is -0.274. The van der Waals surface area contributed by atoms with E-state index in [0.717, 1.165) is 5.56 Å². The van der Waals surface area contributed by atoms with Crippen LogP contribution in [-0.4, -0.2) is 30.9 Å². The zero-order valence-electron chi connectivity index (χ0n) is 15.8. The zero-order valence-corrected chi connectivity index (χ0v) is 17.4. The number of sulfonamides is 1. The van der Waals surface area contributed by atoms with Gasteiger partial charge in [-0.25, -0.2) is 13.6 Å². The van der Waals surface area contributed by atoms with Gasteiger partial charge in [0.25, 0.3) is 5.91 Å². The Kier molecular flexibility index (Phi) is 5.15. The predicted molar refractivity (Wildman–Crippen MR) is 113 cm³/mol. The summed E-state index contributed by atoms with van der Waals surface area (Å²) in [6.45, 7) is 0.224. The van der Waals surface area contributed by atoms with E-state index in [4.69, 9.17) is 16.7 Å². The molecule has 0 spiro atoms. The predicted octanol–water partition coefficient (Wildman–Crippen LogP) is 2.88. The number of rotatable bonds is 5. The SMILES string of the molecule is NS(=O)(=O)c1ccc(CCN2C(=O)c3ccccc3C2(O)c2ccc(Cl)cc2)cc1. The summed E-state index contributed by atoms with van der Waals surface area (Å²) in [5, 5.41) is 17.4. The minimum Gasteiger partial charge on any atom is -0.363 e. The van der Waals surface area contributed by atoms with Gasteiger partial charge in [0.1, 0.15) is 0 Å². The number of carbonyl (C=O) groups is 1. The molecule has 0 radical (unpaired) electrons. The second-order valence-corrected chi connectivity index (χ2v) is 9.12. The molecule has 4 rings (SSSR count). The van der Waals surface area contributed by atoms with Crippen molar-refractivity contribution in [3.8, 4) is 0 Å². The number of carbonyl (C=O) groups excluding carboxylic acids is 1. The van der Waals surface area contributed by atoms with Crippen molar-refractivity contribution in [3.63, 3.8) is 0 Å². The lowest BCUT2D eigenvalue weighted by molar-refractivity contribution is -0.0493. The van der Waals surface area contributed by atoms with Crippen LogP contribution in [0, 0.1) is 0 Å². The van der Waals surface area contributed by atoms with Crippen molar-refractivity contribution >= 4 is 27.5 Å². The van der Waals surface area contributed by atoms with Crippen molar-refractivity contribution in [1.29, 1.82) is 0 Å². The molecule has 6 nitrogen and oxygen atoms in total. The standard InChI is InChI=1S/C22H19ClN2O4S/c23-17-9-7-16(8-10-17)22(27)20-4-2-1-3-19(20)21(26)25(22)14-13-15-5-11-18(12-6-15)30(24,28)29/h1-12,27H,13-14H2,(H2,24,28,29). The molecule has 30 heavy (non-hydrogen) atoms. The molecule has 0 saturated heterocycles. The number of primary sulfonamides is 1. The number of aliphatic hydroxyl groups is 1. The molecule has 3 aromatic carbocycles. The van der Waals surface area contributed by atoms with Gasteiger partial charge in [-0.3, -0.25) is 4.79 Å². The van der Waals surface area contributed by atoms with E-state index in [1.807, 2.05) is 0 Å². The fourth-order valence-corrected chi connectivity index (χ4v) is 4.40. The van der Waals surface area contributed by atoms with E-state index in [9.17, 15) is 18.3 Å². The van der Waals surface area contributed by atoms with Crippen molar-refractivity contribution in [2.75, 3.05) is 6.54 Å². The van der Waals surface area contributed by atoms with Crippen LogP contribution in [0.1, 0.15) is 27.0 Å². The van der Waals surface area contributed by atoms with E-state index < -0.39 is 15.7 Å². The molecule has 1 atom stereocenters. The smallest absolute Gasteiger partial charge is 0.257 e. The molecule has 0 bridgehead atoms. The molecule has 1 heterocycles. The van der Waals surface area contributed by atoms with Crippen LogP contribution in [0.2, 0.25) is 5.02 Å². The molecule has 0 fully saturated rings. The molecule has 3 aromatic rings. The molecule has 1 amide bonds. The van der Waals surface area contributed by atoms with Crippen molar-refractivity contribution in [3.05, 3.63) is 100 Å². The molecule has 8 heteroatoms. The van der Waals surface area contributed by atoms with Gasteiger partial charge in [-0.1, -0.05) is 54.1 Å². The molecule has 0 aliphatic carbocycles. The van der Waals surface area contributed by atoms with Gasteiger partial charge in [0, 0.05) is 28.3 Å². The number of nitrogens with two attached hydrogens (primary N) is 1. The molecular weight excluding hydrogens is 424 g/mol. The Hall–Kier alpha value is -2.71. The number of hydrogen-bond donors (Lipinski definition) is 2. The van der Waals surface area contributed by atoms with Crippen molar-refractivity contribution in [1.82, 2.24) is 4.90 Å². The monoisotopic (exact) mass is 442 g/mol. The van der Waals surface area contributed by atoms with Crippen LogP contribution in [0.25, 0.3) is 0 Å². The summed E-state index contributed by atoms with van der Waals surface area (Å²) in [5.41, 5.74) is 0.680. The van der Waals surface area contributed by atoms with Gasteiger partial charge in [0.05, 0.1) is 4.90 Å². The van der Waals surface area contributed by atoms with Crippen molar-refractivity contribution < 1.29 is 18.3 Å². The van der Waals surface area contributed by atoms with E-state index >= 15 is 0 Å². The number of nitrogens with zero attached hydrogens (tertiary/aromatic N) is 1. The summed E-state index contributed by atoms with van der Waals surface area (Å²) >= 11 is 6.00. The Morgan fingerprint density at radius 2 is 1.60 bits per heavy atom. The second-order valence-electron chi connectivity index (χ2n) is 7.12. The van der Waals surface area contributed by atoms with Crippen LogP contribution in [0.15, 0.2) is 77.7 Å². The van der Waals surface area contributed by atoms with Gasteiger partial charge in [-0.05, 0) is 42.3 Å². The highest BCUT2D eigenvalue weighted by Gasteiger charge is 2.49. The molecule has 0 aromatic heterocycles. The van der Waals surface area contributed by atoms with Gasteiger partial charge >= 0.3 is 0 Å². The third kappa shape index (κ3) is 3.50. The normalized spacial score (nSPS) is 18.5. The molecule has 0 saturated carbocycles. The van der Waals surface area contributed by atoms with E-state index in [1.165, 1.54) is 17.0 Å². The van der Waals surface area contributed by atoms with Gasteiger partial charge in [0.2, 0.25) is 10.0 Å². The quantitative estimate of drug-likeness (QED) is 0.634. The zero-order chi connectivity index (χ0) is 21.5. The van der Waals surface area contributed by atoms with Gasteiger partial charge in [-0.15, -0.1) is 0 Å². The summed E-state index contributed by atoms with van der Waals surface area (Å²) in [6, 6.07) is 19.9. The first-order valence-electron chi connectivity index (χ1n) is 9.23. The maximum atomic E-state index is 13.1. The molecule has 1 aliphatic heterocycles. The Bertz CT molecular complexity index is 1210. The minimum atomic E-state index is -3.77.